The molecular formula is C40H45FN6O7S2. The fourth-order valence-corrected chi connectivity index (χ4v) is 10.3. The Bertz CT molecular complexity index is 2180. The van der Waals surface area contributed by atoms with Gasteiger partial charge in [-0.3, -0.25) is 24.0 Å². The second-order valence-electron chi connectivity index (χ2n) is 15.5. The van der Waals surface area contributed by atoms with E-state index in [1.165, 1.54) is 27.2 Å². The molecule has 2 aliphatic carbocycles. The molecule has 5 aliphatic rings. The number of rotatable bonds is 7. The molecule has 0 unspecified atom stereocenters. The number of amides is 4. The van der Waals surface area contributed by atoms with Gasteiger partial charge < -0.3 is 20.3 Å². The molecule has 3 aliphatic heterocycles. The SMILES string of the molecule is Cc1sc(N[C@H]2CCCCC/C=C\[C@@H]3C[C@@]3(C(=O)NS(=O)(=O)C3CC3)NC(=O)[C@@H]3C[C@@H](OC(=O)N4Cc5cccc(F)c5C4)CN3C2=O)nc1-c1ccccc1. The Hall–Kier alpha value is -4.83. The molecule has 56 heavy (non-hydrogen) atoms. The van der Waals surface area contributed by atoms with E-state index in [0.717, 1.165) is 35.4 Å². The Balaban J connectivity index is 1.07. The number of aromatic nitrogens is 1. The number of nitrogens with zero attached hydrogens (tertiary/aromatic N) is 3. The highest BCUT2D eigenvalue weighted by Crippen LogP contribution is 2.46. The van der Waals surface area contributed by atoms with Crippen molar-refractivity contribution in [2.45, 2.75) is 107 Å². The van der Waals surface area contributed by atoms with Gasteiger partial charge in [0.2, 0.25) is 21.8 Å². The maximum absolute atomic E-state index is 14.7. The van der Waals surface area contributed by atoms with E-state index in [-0.39, 0.29) is 38.4 Å². The summed E-state index contributed by atoms with van der Waals surface area (Å²) in [4.78, 5) is 64.9. The van der Waals surface area contributed by atoms with Crippen LogP contribution in [0, 0.1) is 18.7 Å². The van der Waals surface area contributed by atoms with Crippen molar-refractivity contribution in [3.63, 3.8) is 0 Å². The number of fused-ring (bicyclic) bond motifs is 3. The van der Waals surface area contributed by atoms with Crippen molar-refractivity contribution in [3.05, 3.63) is 82.5 Å². The molecule has 8 rings (SSSR count). The quantitative estimate of drug-likeness (QED) is 0.274. The van der Waals surface area contributed by atoms with Crippen LogP contribution in [0.25, 0.3) is 11.3 Å². The Morgan fingerprint density at radius 2 is 1.84 bits per heavy atom. The summed E-state index contributed by atoms with van der Waals surface area (Å²) in [6, 6.07) is 12.5. The van der Waals surface area contributed by atoms with Gasteiger partial charge in [-0.25, -0.2) is 22.6 Å². The van der Waals surface area contributed by atoms with Crippen molar-refractivity contribution in [2.24, 2.45) is 5.92 Å². The summed E-state index contributed by atoms with van der Waals surface area (Å²) in [5.74, 6) is -2.68. The first-order chi connectivity index (χ1) is 26.9. The van der Waals surface area contributed by atoms with Crippen LogP contribution in [0.3, 0.4) is 0 Å². The summed E-state index contributed by atoms with van der Waals surface area (Å²) in [6.07, 6.45) is 6.82. The third-order valence-corrected chi connectivity index (χ3v) is 14.2. The third kappa shape index (κ3) is 7.77. The first-order valence-electron chi connectivity index (χ1n) is 19.3. The monoisotopic (exact) mass is 804 g/mol. The first-order valence-corrected chi connectivity index (χ1v) is 21.6. The summed E-state index contributed by atoms with van der Waals surface area (Å²) in [7, 11) is -3.90. The normalized spacial score (nSPS) is 27.2. The highest BCUT2D eigenvalue weighted by Gasteiger charge is 2.62. The molecular weight excluding hydrogens is 760 g/mol. The summed E-state index contributed by atoms with van der Waals surface area (Å²) < 4.78 is 48.4. The average molecular weight is 805 g/mol. The molecule has 2 saturated carbocycles. The molecule has 4 heterocycles. The summed E-state index contributed by atoms with van der Waals surface area (Å²) >= 11 is 1.43. The van der Waals surface area contributed by atoms with Gasteiger partial charge in [0.15, 0.2) is 5.13 Å². The minimum atomic E-state index is -3.90. The van der Waals surface area contributed by atoms with Gasteiger partial charge in [0.1, 0.15) is 29.5 Å². The largest absolute Gasteiger partial charge is 0.444 e. The first kappa shape index (κ1) is 38.1. The molecule has 296 valence electrons. The number of allylic oxidation sites excluding steroid dienone is 1. The lowest BCUT2D eigenvalue weighted by atomic mass is 10.1. The number of sulfonamides is 1. The zero-order chi connectivity index (χ0) is 39.2. The van der Waals surface area contributed by atoms with Crippen LogP contribution >= 0.6 is 11.3 Å². The summed E-state index contributed by atoms with van der Waals surface area (Å²) in [6.45, 7) is 2.06. The molecule has 0 bridgehead atoms. The second kappa shape index (κ2) is 15.3. The van der Waals surface area contributed by atoms with Crippen LogP contribution < -0.4 is 15.4 Å². The number of halogens is 1. The number of hydrogen-bond donors (Lipinski definition) is 3. The Kier molecular flexibility index (Phi) is 10.4. The van der Waals surface area contributed by atoms with E-state index in [1.54, 1.807) is 12.1 Å². The molecule has 1 saturated heterocycles. The topological polar surface area (TPSA) is 167 Å². The molecule has 0 spiro atoms. The Labute approximate surface area is 329 Å². The van der Waals surface area contributed by atoms with Crippen LogP contribution in [0.4, 0.5) is 14.3 Å². The van der Waals surface area contributed by atoms with Gasteiger partial charge >= 0.3 is 6.09 Å². The van der Waals surface area contributed by atoms with Crippen LogP contribution in [-0.2, 0) is 42.2 Å². The summed E-state index contributed by atoms with van der Waals surface area (Å²) in [5, 5.41) is 6.15. The number of carbonyl (C=O) groups excluding carboxylic acids is 4. The minimum Gasteiger partial charge on any atom is -0.444 e. The fourth-order valence-electron chi connectivity index (χ4n) is 8.05. The zero-order valence-electron chi connectivity index (χ0n) is 31.0. The van der Waals surface area contributed by atoms with Crippen LogP contribution in [-0.4, -0.2) is 82.5 Å². The van der Waals surface area contributed by atoms with Crippen molar-refractivity contribution < 1.29 is 36.7 Å². The molecule has 3 N–H and O–H groups in total. The number of nitrogens with one attached hydrogen (secondary N) is 3. The number of carbonyl (C=O) groups is 4. The Morgan fingerprint density at radius 3 is 2.61 bits per heavy atom. The van der Waals surface area contributed by atoms with E-state index in [1.807, 2.05) is 49.4 Å². The molecule has 1 aromatic heterocycles. The lowest BCUT2D eigenvalue weighted by molar-refractivity contribution is -0.140. The van der Waals surface area contributed by atoms with Crippen molar-refractivity contribution in [1.29, 1.82) is 0 Å². The van der Waals surface area contributed by atoms with Crippen molar-refractivity contribution in [3.8, 4) is 11.3 Å². The van der Waals surface area contributed by atoms with Gasteiger partial charge in [-0.1, -0.05) is 67.5 Å². The lowest BCUT2D eigenvalue weighted by Gasteiger charge is -2.29. The molecule has 13 nitrogen and oxygen atoms in total. The Morgan fingerprint density at radius 1 is 1.04 bits per heavy atom. The van der Waals surface area contributed by atoms with E-state index >= 15 is 0 Å². The van der Waals surface area contributed by atoms with Crippen molar-refractivity contribution >= 4 is 50.3 Å². The highest BCUT2D eigenvalue weighted by molar-refractivity contribution is 7.91. The number of ether oxygens (including phenoxy) is 1. The fraction of sp³-hybridized carbons (Fsp3) is 0.475. The number of benzene rings is 2. The molecule has 3 aromatic rings. The van der Waals surface area contributed by atoms with Gasteiger partial charge in [0, 0.05) is 34.9 Å². The number of thiazole rings is 1. The predicted molar refractivity (Wildman–Crippen MR) is 207 cm³/mol. The van der Waals surface area contributed by atoms with Crippen LogP contribution in [0.5, 0.6) is 0 Å². The van der Waals surface area contributed by atoms with E-state index in [0.29, 0.717) is 41.9 Å². The predicted octanol–water partition coefficient (Wildman–Crippen LogP) is 5.16. The van der Waals surface area contributed by atoms with Crippen LogP contribution in [0.15, 0.2) is 60.7 Å². The maximum Gasteiger partial charge on any atom is 0.410 e. The molecule has 2 aromatic carbocycles. The average Bonchev–Trinajstić information content (AvgIpc) is 4.01. The van der Waals surface area contributed by atoms with Gasteiger partial charge in [0.25, 0.3) is 5.91 Å². The molecule has 16 heteroatoms. The number of aryl methyl sites for hydroxylation is 1. The van der Waals surface area contributed by atoms with Gasteiger partial charge in [-0.05, 0) is 57.1 Å². The van der Waals surface area contributed by atoms with Gasteiger partial charge in [-0.2, -0.15) is 0 Å². The van der Waals surface area contributed by atoms with Gasteiger partial charge in [0.05, 0.1) is 24.0 Å². The zero-order valence-corrected chi connectivity index (χ0v) is 32.7. The second-order valence-corrected chi connectivity index (χ2v) is 18.6. The van der Waals surface area contributed by atoms with E-state index in [9.17, 15) is 32.0 Å². The highest BCUT2D eigenvalue weighted by atomic mass is 32.2. The van der Waals surface area contributed by atoms with Crippen LogP contribution in [0.1, 0.15) is 73.8 Å². The summed E-state index contributed by atoms with van der Waals surface area (Å²) in [5.41, 5.74) is 1.32. The standard InChI is InChI=1S/C40H45FN6O7S2/c1-24-34(25-11-6-5-7-12-25)43-38(55-24)42-32-16-9-4-2-3-8-14-27-20-40(27,37(50)45-56(52,53)29-17-18-29)44-35(48)33-19-28(22-47(33)36(32)49)54-39(51)46-21-26-13-10-15-31(41)30(26)23-46/h5-8,10-15,27-29,32-33H,2-4,9,16-23H2,1H3,(H,42,43)(H,44,48)(H,45,50)/b14-8-/t27-,28-,32+,33+,40-/m1/s1. The molecule has 5 atom stereocenters. The lowest BCUT2D eigenvalue weighted by Crippen LogP contribution is -2.57. The van der Waals surface area contributed by atoms with Crippen molar-refractivity contribution in [1.82, 2.24) is 24.8 Å². The van der Waals surface area contributed by atoms with E-state index in [2.05, 4.69) is 15.4 Å². The minimum absolute atomic E-state index is 0.0284. The van der Waals surface area contributed by atoms with E-state index in [4.69, 9.17) is 9.72 Å². The maximum atomic E-state index is 14.7. The smallest absolute Gasteiger partial charge is 0.410 e. The van der Waals surface area contributed by atoms with Crippen molar-refractivity contribution in [2.75, 3.05) is 11.9 Å². The number of hydrogen-bond acceptors (Lipinski definition) is 10. The van der Waals surface area contributed by atoms with Crippen LogP contribution in [0.2, 0.25) is 0 Å². The molecule has 4 amide bonds. The van der Waals surface area contributed by atoms with E-state index < -0.39 is 68.6 Å². The number of anilines is 1. The van der Waals surface area contributed by atoms with Gasteiger partial charge in [-0.15, -0.1) is 11.3 Å². The third-order valence-electron chi connectivity index (χ3n) is 11.4. The molecule has 3 fully saturated rings. The molecule has 0 radical (unpaired) electrons.